The van der Waals surface area contributed by atoms with E-state index in [4.69, 9.17) is 5.73 Å². The van der Waals surface area contributed by atoms with Gasteiger partial charge in [-0.3, -0.25) is 9.59 Å². The van der Waals surface area contributed by atoms with Crippen molar-refractivity contribution in [3.05, 3.63) is 65.0 Å². The summed E-state index contributed by atoms with van der Waals surface area (Å²) in [7, 11) is 0. The lowest BCUT2D eigenvalue weighted by molar-refractivity contribution is -0.118. The summed E-state index contributed by atoms with van der Waals surface area (Å²) >= 11 is 1.39. The molecule has 0 spiro atoms. The molecule has 0 unspecified atom stereocenters. The second kappa shape index (κ2) is 9.06. The number of aromatic nitrogens is 3. The van der Waals surface area contributed by atoms with Crippen molar-refractivity contribution in [1.82, 2.24) is 14.8 Å². The van der Waals surface area contributed by atoms with Gasteiger partial charge in [-0.2, -0.15) is 0 Å². The number of thioether (sulfide) groups is 1. The summed E-state index contributed by atoms with van der Waals surface area (Å²) in [4.78, 5) is 24.1. The summed E-state index contributed by atoms with van der Waals surface area (Å²) in [6.45, 7) is 4.95. The van der Waals surface area contributed by atoms with Crippen LogP contribution in [0.1, 0.15) is 47.6 Å². The molecule has 2 aromatic carbocycles. The lowest BCUT2D eigenvalue weighted by Gasteiger charge is -2.12. The van der Waals surface area contributed by atoms with Crippen LogP contribution in [0.4, 0.5) is 0 Å². The molecule has 0 fully saturated rings. The molecule has 1 aliphatic carbocycles. The summed E-state index contributed by atoms with van der Waals surface area (Å²) in [5.74, 6) is 1.11. The van der Waals surface area contributed by atoms with Gasteiger partial charge in [0, 0.05) is 24.9 Å². The number of fused-ring (bicyclic) bond motifs is 3. The number of benzene rings is 2. The Hall–Kier alpha value is -2.93. The molecule has 1 aromatic heterocycles. The second-order valence-corrected chi connectivity index (χ2v) is 9.23. The van der Waals surface area contributed by atoms with E-state index in [1.807, 2.05) is 22.8 Å². The Balaban J connectivity index is 1.49. The van der Waals surface area contributed by atoms with Gasteiger partial charge >= 0.3 is 0 Å². The molecule has 0 bridgehead atoms. The fourth-order valence-corrected chi connectivity index (χ4v) is 4.77. The van der Waals surface area contributed by atoms with E-state index in [1.165, 1.54) is 28.5 Å². The SMILES string of the molecule is CC(C)Cn1c(CCC(N)=O)nnc1SCC(=O)c1ccc2c(c1)-c1ccccc1C2. The highest BCUT2D eigenvalue weighted by Crippen LogP contribution is 2.37. The third-order valence-electron chi connectivity index (χ3n) is 5.39. The average molecular weight is 435 g/mol. The van der Waals surface area contributed by atoms with Crippen LogP contribution in [0.2, 0.25) is 0 Å². The summed E-state index contributed by atoms with van der Waals surface area (Å²) in [5, 5.41) is 9.21. The largest absolute Gasteiger partial charge is 0.370 e. The molecule has 6 nitrogen and oxygen atoms in total. The number of Topliss-reactive ketones (excluding diaryl/α,β-unsaturated/α-hetero) is 1. The van der Waals surface area contributed by atoms with Crippen molar-refractivity contribution < 1.29 is 9.59 Å². The standard InChI is InChI=1S/C24H26N4O2S/c1-15(2)13-28-23(10-9-22(25)30)26-27-24(28)31-14-21(29)18-8-7-17-11-16-5-3-4-6-19(16)20(17)12-18/h3-8,12,15H,9-11,13-14H2,1-2H3,(H2,25,30). The van der Waals surface area contributed by atoms with E-state index in [1.54, 1.807) is 0 Å². The van der Waals surface area contributed by atoms with Crippen molar-refractivity contribution in [3.63, 3.8) is 0 Å². The normalized spacial score (nSPS) is 12.1. The molecule has 3 aromatic rings. The zero-order valence-electron chi connectivity index (χ0n) is 17.8. The summed E-state index contributed by atoms with van der Waals surface area (Å²) in [6, 6.07) is 14.4. The van der Waals surface area contributed by atoms with Crippen LogP contribution in [0.5, 0.6) is 0 Å². The molecule has 160 valence electrons. The van der Waals surface area contributed by atoms with Gasteiger partial charge in [0.25, 0.3) is 0 Å². The van der Waals surface area contributed by atoms with Gasteiger partial charge in [-0.15, -0.1) is 10.2 Å². The molecule has 1 heterocycles. The van der Waals surface area contributed by atoms with Gasteiger partial charge in [0.1, 0.15) is 5.82 Å². The first-order valence-electron chi connectivity index (χ1n) is 10.5. The molecule has 0 radical (unpaired) electrons. The van der Waals surface area contributed by atoms with Crippen LogP contribution in [-0.2, 0) is 24.2 Å². The number of nitrogens with two attached hydrogens (primary N) is 1. The maximum Gasteiger partial charge on any atom is 0.217 e. The summed E-state index contributed by atoms with van der Waals surface area (Å²) < 4.78 is 2.00. The van der Waals surface area contributed by atoms with Crippen LogP contribution in [0.15, 0.2) is 47.6 Å². The Labute approximate surface area is 186 Å². The fourth-order valence-electron chi connectivity index (χ4n) is 3.90. The lowest BCUT2D eigenvalue weighted by atomic mass is 10.0. The highest BCUT2D eigenvalue weighted by atomic mass is 32.2. The number of primary amides is 1. The van der Waals surface area contributed by atoms with Crippen molar-refractivity contribution in [2.24, 2.45) is 11.7 Å². The van der Waals surface area contributed by atoms with Gasteiger partial charge < -0.3 is 10.3 Å². The van der Waals surface area contributed by atoms with Gasteiger partial charge in [-0.1, -0.05) is 62.0 Å². The fraction of sp³-hybridized carbons (Fsp3) is 0.333. The van der Waals surface area contributed by atoms with Crippen molar-refractivity contribution >= 4 is 23.5 Å². The van der Waals surface area contributed by atoms with Crippen LogP contribution >= 0.6 is 11.8 Å². The summed E-state index contributed by atoms with van der Waals surface area (Å²) in [5.41, 5.74) is 10.9. The van der Waals surface area contributed by atoms with Crippen molar-refractivity contribution in [2.75, 3.05) is 5.75 Å². The van der Waals surface area contributed by atoms with Gasteiger partial charge in [0.05, 0.1) is 5.75 Å². The Morgan fingerprint density at radius 2 is 1.87 bits per heavy atom. The molecular formula is C24H26N4O2S. The number of hydrogen-bond acceptors (Lipinski definition) is 5. The Morgan fingerprint density at radius 1 is 1.10 bits per heavy atom. The molecule has 1 aliphatic rings. The second-order valence-electron chi connectivity index (χ2n) is 8.29. The third kappa shape index (κ3) is 4.71. The first-order valence-corrected chi connectivity index (χ1v) is 11.5. The minimum absolute atomic E-state index is 0.0648. The number of nitrogens with zero attached hydrogens (tertiary/aromatic N) is 3. The quantitative estimate of drug-likeness (QED) is 0.319. The number of ketones is 1. The summed E-state index contributed by atoms with van der Waals surface area (Å²) in [6.07, 6.45) is 1.60. The number of hydrogen-bond donors (Lipinski definition) is 1. The minimum atomic E-state index is -0.360. The smallest absolute Gasteiger partial charge is 0.217 e. The van der Waals surface area contributed by atoms with Crippen LogP contribution < -0.4 is 5.73 Å². The van der Waals surface area contributed by atoms with Crippen molar-refractivity contribution in [1.29, 1.82) is 0 Å². The molecule has 1 amide bonds. The molecule has 7 heteroatoms. The van der Waals surface area contributed by atoms with Gasteiger partial charge in [0.15, 0.2) is 10.9 Å². The highest BCUT2D eigenvalue weighted by Gasteiger charge is 2.20. The zero-order valence-corrected chi connectivity index (χ0v) is 18.6. The molecule has 4 rings (SSSR count). The predicted octanol–water partition coefficient (Wildman–Crippen LogP) is 3.90. The Kier molecular flexibility index (Phi) is 6.23. The van der Waals surface area contributed by atoms with Gasteiger partial charge in [0.2, 0.25) is 5.91 Å². The van der Waals surface area contributed by atoms with E-state index < -0.39 is 0 Å². The zero-order chi connectivity index (χ0) is 22.0. The van der Waals surface area contributed by atoms with E-state index in [2.05, 4.69) is 48.3 Å². The number of aryl methyl sites for hydroxylation is 1. The third-order valence-corrected chi connectivity index (χ3v) is 6.36. The van der Waals surface area contributed by atoms with E-state index in [-0.39, 0.29) is 23.9 Å². The average Bonchev–Trinajstić information content (AvgIpc) is 3.30. The molecular weight excluding hydrogens is 408 g/mol. The molecule has 0 saturated heterocycles. The molecule has 2 N–H and O–H groups in total. The first kappa shape index (κ1) is 21.3. The highest BCUT2D eigenvalue weighted by molar-refractivity contribution is 7.99. The topological polar surface area (TPSA) is 90.9 Å². The monoisotopic (exact) mass is 434 g/mol. The van der Waals surface area contributed by atoms with Crippen molar-refractivity contribution in [3.8, 4) is 11.1 Å². The Bertz CT molecular complexity index is 1140. The number of rotatable bonds is 9. The molecule has 0 aliphatic heterocycles. The van der Waals surface area contributed by atoms with Crippen LogP contribution in [0, 0.1) is 5.92 Å². The van der Waals surface area contributed by atoms with Crippen molar-refractivity contribution in [2.45, 2.75) is 44.8 Å². The van der Waals surface area contributed by atoms with Gasteiger partial charge in [-0.05, 0) is 40.7 Å². The maximum atomic E-state index is 12.9. The Morgan fingerprint density at radius 3 is 2.65 bits per heavy atom. The molecule has 0 atom stereocenters. The van der Waals surface area contributed by atoms with E-state index in [9.17, 15) is 9.59 Å². The number of amides is 1. The van der Waals surface area contributed by atoms with E-state index in [0.29, 0.717) is 23.1 Å². The molecule has 31 heavy (non-hydrogen) atoms. The van der Waals surface area contributed by atoms with E-state index in [0.717, 1.165) is 24.4 Å². The number of carbonyl (C=O) groups excluding carboxylic acids is 2. The predicted molar refractivity (Wildman–Crippen MR) is 122 cm³/mol. The van der Waals surface area contributed by atoms with Crippen LogP contribution in [0.25, 0.3) is 11.1 Å². The van der Waals surface area contributed by atoms with Gasteiger partial charge in [-0.25, -0.2) is 0 Å². The van der Waals surface area contributed by atoms with E-state index >= 15 is 0 Å². The maximum absolute atomic E-state index is 12.9. The first-order chi connectivity index (χ1) is 14.9. The van der Waals surface area contributed by atoms with Crippen LogP contribution in [-0.4, -0.2) is 32.2 Å². The number of carbonyl (C=O) groups is 2. The van der Waals surface area contributed by atoms with Crippen LogP contribution in [0.3, 0.4) is 0 Å². The molecule has 0 saturated carbocycles. The minimum Gasteiger partial charge on any atom is -0.370 e. The lowest BCUT2D eigenvalue weighted by Crippen LogP contribution is -2.15.